The molecule has 168 valence electrons. The van der Waals surface area contributed by atoms with Gasteiger partial charge in [0, 0.05) is 43.9 Å². The lowest BCUT2D eigenvalue weighted by Gasteiger charge is -2.32. The number of sulfonamides is 1. The Balaban J connectivity index is 1.31. The van der Waals surface area contributed by atoms with E-state index in [1.165, 1.54) is 16.4 Å². The van der Waals surface area contributed by atoms with Crippen molar-refractivity contribution in [2.45, 2.75) is 23.7 Å². The predicted molar refractivity (Wildman–Crippen MR) is 117 cm³/mol. The Morgan fingerprint density at radius 2 is 1.78 bits per heavy atom. The number of hydrogen-bond acceptors (Lipinski definition) is 6. The first-order valence-electron chi connectivity index (χ1n) is 10.8. The maximum absolute atomic E-state index is 13.1. The molecule has 3 aromatic rings. The van der Waals surface area contributed by atoms with E-state index in [9.17, 15) is 13.2 Å². The molecular weight excluding hydrogens is 430 g/mol. The molecule has 0 radical (unpaired) electrons. The number of piperidine rings is 1. The number of carbonyl (C=O) groups excluding carboxylic acids is 1. The van der Waals surface area contributed by atoms with Crippen LogP contribution in [0.25, 0.3) is 5.65 Å². The van der Waals surface area contributed by atoms with Gasteiger partial charge < -0.3 is 9.64 Å². The third kappa shape index (κ3) is 3.89. The van der Waals surface area contributed by atoms with Gasteiger partial charge in [0.25, 0.3) is 5.91 Å². The van der Waals surface area contributed by atoms with Crippen LogP contribution in [0.15, 0.2) is 53.6 Å². The maximum atomic E-state index is 13.1. The summed E-state index contributed by atoms with van der Waals surface area (Å²) in [6.07, 6.45) is 3.76. The standard InChI is InChI=1S/C22H25N5O4S/c28-22(17-6-8-19(9-7-17)32(29,30)26-12-14-31-15-13-26)25-10-3-4-18(16-25)21-24-23-20-5-1-2-11-27(20)21/h1-2,5-9,11,18H,3-4,10,12-16H2/t18-/m0/s1. The molecule has 0 unspecified atom stereocenters. The minimum absolute atomic E-state index is 0.0983. The third-order valence-electron chi connectivity index (χ3n) is 6.12. The number of nitrogens with zero attached hydrogens (tertiary/aromatic N) is 5. The lowest BCUT2D eigenvalue weighted by Crippen LogP contribution is -2.40. The summed E-state index contributed by atoms with van der Waals surface area (Å²) in [6.45, 7) is 2.70. The molecule has 10 heteroatoms. The van der Waals surface area contributed by atoms with E-state index in [1.807, 2.05) is 33.7 Å². The number of benzene rings is 1. The van der Waals surface area contributed by atoms with Crippen LogP contribution in [0.4, 0.5) is 0 Å². The van der Waals surface area contributed by atoms with Gasteiger partial charge in [-0.25, -0.2) is 8.42 Å². The molecule has 0 saturated carbocycles. The number of pyridine rings is 1. The summed E-state index contributed by atoms with van der Waals surface area (Å²) in [5.74, 6) is 0.870. The largest absolute Gasteiger partial charge is 0.379 e. The molecule has 2 fully saturated rings. The summed E-state index contributed by atoms with van der Waals surface area (Å²) in [5, 5.41) is 8.60. The highest BCUT2D eigenvalue weighted by atomic mass is 32.2. The molecule has 1 aromatic carbocycles. The lowest BCUT2D eigenvalue weighted by atomic mass is 9.96. The second-order valence-corrected chi connectivity index (χ2v) is 10.1. The first-order valence-corrected chi connectivity index (χ1v) is 12.2. The number of carbonyl (C=O) groups is 1. The molecule has 1 amide bonds. The quantitative estimate of drug-likeness (QED) is 0.595. The molecule has 2 aromatic heterocycles. The number of fused-ring (bicyclic) bond motifs is 1. The molecule has 4 heterocycles. The summed E-state index contributed by atoms with van der Waals surface area (Å²) in [4.78, 5) is 15.2. The van der Waals surface area contributed by atoms with Crippen molar-refractivity contribution < 1.29 is 17.9 Å². The van der Waals surface area contributed by atoms with E-state index in [0.29, 0.717) is 45.0 Å². The van der Waals surface area contributed by atoms with Gasteiger partial charge in [-0.2, -0.15) is 4.31 Å². The fraction of sp³-hybridized carbons (Fsp3) is 0.409. The Hall–Kier alpha value is -2.82. The third-order valence-corrected chi connectivity index (χ3v) is 8.04. The summed E-state index contributed by atoms with van der Waals surface area (Å²) < 4.78 is 34.3. The molecule has 2 aliphatic heterocycles. The van der Waals surface area contributed by atoms with E-state index in [2.05, 4.69) is 10.2 Å². The van der Waals surface area contributed by atoms with Crippen LogP contribution in [0.3, 0.4) is 0 Å². The van der Waals surface area contributed by atoms with E-state index in [-0.39, 0.29) is 16.7 Å². The van der Waals surface area contributed by atoms with Crippen LogP contribution in [0, 0.1) is 0 Å². The van der Waals surface area contributed by atoms with Gasteiger partial charge in [-0.1, -0.05) is 6.07 Å². The van der Waals surface area contributed by atoms with Gasteiger partial charge >= 0.3 is 0 Å². The second kappa shape index (κ2) is 8.61. The van der Waals surface area contributed by atoms with Crippen LogP contribution in [-0.4, -0.2) is 77.5 Å². The molecule has 0 spiro atoms. The van der Waals surface area contributed by atoms with Gasteiger partial charge in [0.1, 0.15) is 5.82 Å². The number of aromatic nitrogens is 3. The SMILES string of the molecule is O=C(c1ccc(S(=O)(=O)N2CCOCC2)cc1)N1CCC[C@H](c2nnc3ccccn23)C1. The van der Waals surface area contributed by atoms with E-state index in [1.54, 1.807) is 12.1 Å². The highest BCUT2D eigenvalue weighted by Crippen LogP contribution is 2.27. The Morgan fingerprint density at radius 3 is 2.56 bits per heavy atom. The van der Waals surface area contributed by atoms with E-state index >= 15 is 0 Å². The topological polar surface area (TPSA) is 97.1 Å². The minimum Gasteiger partial charge on any atom is -0.379 e. The zero-order chi connectivity index (χ0) is 22.1. The molecule has 32 heavy (non-hydrogen) atoms. The van der Waals surface area contributed by atoms with Crippen molar-refractivity contribution in [2.75, 3.05) is 39.4 Å². The van der Waals surface area contributed by atoms with Crippen molar-refractivity contribution in [3.63, 3.8) is 0 Å². The minimum atomic E-state index is -3.58. The summed E-state index contributed by atoms with van der Waals surface area (Å²) >= 11 is 0. The Morgan fingerprint density at radius 1 is 1.00 bits per heavy atom. The van der Waals surface area contributed by atoms with Crippen LogP contribution >= 0.6 is 0 Å². The van der Waals surface area contributed by atoms with Crippen LogP contribution < -0.4 is 0 Å². The normalized spacial score (nSPS) is 20.5. The molecule has 2 aliphatic rings. The van der Waals surface area contributed by atoms with Crippen molar-refractivity contribution in [2.24, 2.45) is 0 Å². The second-order valence-electron chi connectivity index (χ2n) is 8.12. The fourth-order valence-corrected chi connectivity index (χ4v) is 5.81. The van der Waals surface area contributed by atoms with Crippen LogP contribution in [0.2, 0.25) is 0 Å². The van der Waals surface area contributed by atoms with E-state index in [0.717, 1.165) is 24.3 Å². The van der Waals surface area contributed by atoms with Gasteiger partial charge in [-0.05, 0) is 49.2 Å². The van der Waals surface area contributed by atoms with Crippen molar-refractivity contribution >= 4 is 21.6 Å². The van der Waals surface area contributed by atoms with Crippen molar-refractivity contribution in [1.82, 2.24) is 23.8 Å². The van der Waals surface area contributed by atoms with Crippen molar-refractivity contribution in [3.8, 4) is 0 Å². The molecular formula is C22H25N5O4S. The molecule has 0 aliphatic carbocycles. The average Bonchev–Trinajstić information content (AvgIpc) is 3.28. The summed E-state index contributed by atoms with van der Waals surface area (Å²) in [7, 11) is -3.58. The van der Waals surface area contributed by atoms with E-state index in [4.69, 9.17) is 4.74 Å². The maximum Gasteiger partial charge on any atom is 0.253 e. The Bertz CT molecular complexity index is 1220. The van der Waals surface area contributed by atoms with Crippen molar-refractivity contribution in [3.05, 3.63) is 60.0 Å². The zero-order valence-electron chi connectivity index (χ0n) is 17.6. The number of hydrogen-bond donors (Lipinski definition) is 0. The highest BCUT2D eigenvalue weighted by molar-refractivity contribution is 7.89. The van der Waals surface area contributed by atoms with Gasteiger partial charge in [0.05, 0.1) is 18.1 Å². The Kier molecular flexibility index (Phi) is 5.66. The molecule has 1 atom stereocenters. The average molecular weight is 456 g/mol. The molecule has 2 saturated heterocycles. The molecule has 0 N–H and O–H groups in total. The zero-order valence-corrected chi connectivity index (χ0v) is 18.4. The molecule has 0 bridgehead atoms. The predicted octanol–water partition coefficient (Wildman–Crippen LogP) is 1.77. The van der Waals surface area contributed by atoms with Crippen LogP contribution in [0.1, 0.15) is 34.9 Å². The number of ether oxygens (including phenoxy) is 1. The van der Waals surface area contributed by atoms with E-state index < -0.39 is 10.0 Å². The fourth-order valence-electron chi connectivity index (χ4n) is 4.40. The molecule has 5 rings (SSSR count). The Labute approximate surface area is 186 Å². The monoisotopic (exact) mass is 455 g/mol. The lowest BCUT2D eigenvalue weighted by molar-refractivity contribution is 0.0704. The van der Waals surface area contributed by atoms with Crippen molar-refractivity contribution in [1.29, 1.82) is 0 Å². The summed E-state index contributed by atoms with van der Waals surface area (Å²) in [6, 6.07) is 12.0. The van der Waals surface area contributed by atoms with Gasteiger partial charge in [0.15, 0.2) is 5.65 Å². The molecule has 9 nitrogen and oxygen atoms in total. The number of amides is 1. The van der Waals surface area contributed by atoms with Gasteiger partial charge in [0.2, 0.25) is 10.0 Å². The van der Waals surface area contributed by atoms with Crippen LogP contribution in [-0.2, 0) is 14.8 Å². The smallest absolute Gasteiger partial charge is 0.253 e. The highest BCUT2D eigenvalue weighted by Gasteiger charge is 2.30. The first-order chi connectivity index (χ1) is 15.5. The first kappa shape index (κ1) is 21.0. The van der Waals surface area contributed by atoms with Crippen LogP contribution in [0.5, 0.6) is 0 Å². The number of rotatable bonds is 4. The number of likely N-dealkylation sites (tertiary alicyclic amines) is 1. The number of morpholine rings is 1. The van der Waals surface area contributed by atoms with Gasteiger partial charge in [-0.15, -0.1) is 10.2 Å². The summed E-state index contributed by atoms with van der Waals surface area (Å²) in [5.41, 5.74) is 1.28. The van der Waals surface area contributed by atoms with Gasteiger partial charge in [-0.3, -0.25) is 9.20 Å².